The van der Waals surface area contributed by atoms with Gasteiger partial charge in [-0.05, 0) is 70.9 Å². The first-order valence-electron chi connectivity index (χ1n) is 11.0. The van der Waals surface area contributed by atoms with Crippen molar-refractivity contribution in [3.8, 4) is 0 Å². The summed E-state index contributed by atoms with van der Waals surface area (Å²) in [6.07, 6.45) is 11.7. The maximum absolute atomic E-state index is 4.07. The van der Waals surface area contributed by atoms with Crippen LogP contribution in [0.2, 0.25) is 0 Å². The van der Waals surface area contributed by atoms with Crippen LogP contribution in [0, 0.1) is 19.8 Å². The van der Waals surface area contributed by atoms with E-state index in [1.54, 1.807) is 0 Å². The molecule has 1 aliphatic heterocycles. The van der Waals surface area contributed by atoms with Crippen LogP contribution in [0.5, 0.6) is 0 Å². The Labute approximate surface area is 177 Å². The van der Waals surface area contributed by atoms with Crippen molar-refractivity contribution in [3.05, 3.63) is 58.8 Å². The van der Waals surface area contributed by atoms with Crippen LogP contribution in [0.15, 0.2) is 47.1 Å². The zero-order chi connectivity index (χ0) is 21.9. The summed E-state index contributed by atoms with van der Waals surface area (Å²) >= 11 is 0. The molecule has 0 saturated carbocycles. The van der Waals surface area contributed by atoms with Crippen molar-refractivity contribution in [2.45, 2.75) is 101 Å². The van der Waals surface area contributed by atoms with E-state index in [-0.39, 0.29) is 0 Å². The summed E-state index contributed by atoms with van der Waals surface area (Å²) in [4.78, 5) is 4.07. The Morgan fingerprint density at radius 1 is 1.07 bits per heavy atom. The average Bonchev–Trinajstić information content (AvgIpc) is 2.61. The molecule has 0 spiro atoms. The molecule has 0 unspecified atom stereocenters. The van der Waals surface area contributed by atoms with Crippen molar-refractivity contribution < 1.29 is 0 Å². The second kappa shape index (κ2) is 18.7. The Morgan fingerprint density at radius 3 is 1.96 bits per heavy atom. The molecule has 28 heavy (non-hydrogen) atoms. The number of benzene rings is 1. The minimum Gasteiger partial charge on any atom is -0.266 e. The van der Waals surface area contributed by atoms with Crippen LogP contribution in [-0.4, -0.2) is 6.21 Å². The first-order valence-corrected chi connectivity index (χ1v) is 11.0. The second-order valence-corrected chi connectivity index (χ2v) is 8.26. The number of hydrogen-bond acceptors (Lipinski definition) is 1. The standard InChI is InChI=1S/C10H14.C7H16.C6H9N.C4H8/c1-4-10-6-5-8(2)7-9(10)3;1-4-5-6-7(2)3;1-6-4-2-3-5-7-6;1-4(2)3/h5-7H,4H2,1-3H3;7H,4-6H2,1-3H3;4-5H,2-3H2,1H3;1H2,2-3H3. The summed E-state index contributed by atoms with van der Waals surface area (Å²) < 4.78 is 0. The lowest BCUT2D eigenvalue weighted by atomic mass is 10.0. The Kier molecular flexibility index (Phi) is 19.1. The Morgan fingerprint density at radius 2 is 1.68 bits per heavy atom. The van der Waals surface area contributed by atoms with Gasteiger partial charge in [0.1, 0.15) is 0 Å². The molecule has 1 heterocycles. The summed E-state index contributed by atoms with van der Waals surface area (Å²) in [7, 11) is 0. The topological polar surface area (TPSA) is 12.4 Å². The largest absolute Gasteiger partial charge is 0.266 e. The van der Waals surface area contributed by atoms with Gasteiger partial charge in [0, 0.05) is 11.9 Å². The summed E-state index contributed by atoms with van der Waals surface area (Å²) in [6, 6.07) is 6.62. The van der Waals surface area contributed by atoms with Crippen LogP contribution in [0.3, 0.4) is 0 Å². The molecule has 0 N–H and O–H groups in total. The molecule has 1 aromatic carbocycles. The zero-order valence-corrected chi connectivity index (χ0v) is 20.4. The predicted molar refractivity (Wildman–Crippen MR) is 132 cm³/mol. The first-order chi connectivity index (χ1) is 13.1. The molecule has 1 nitrogen and oxygen atoms in total. The molecule has 160 valence electrons. The zero-order valence-electron chi connectivity index (χ0n) is 20.4. The third-order valence-electron chi connectivity index (χ3n) is 4.04. The highest BCUT2D eigenvalue weighted by molar-refractivity contribution is 5.60. The van der Waals surface area contributed by atoms with Gasteiger partial charge < -0.3 is 0 Å². The molecule has 0 amide bonds. The molecule has 0 fully saturated rings. The number of nitrogens with zero attached hydrogens (tertiary/aromatic N) is 1. The van der Waals surface area contributed by atoms with Gasteiger partial charge in [-0.2, -0.15) is 0 Å². The van der Waals surface area contributed by atoms with E-state index in [2.05, 4.69) is 77.4 Å². The SMILES string of the molecule is C=C(C)C.CC1=CCCC=N1.CCCCC(C)C.CCc1ccc(C)cc1C. The number of hydrogen-bond donors (Lipinski definition) is 0. The molecular formula is C27H47N. The normalized spacial score (nSPS) is 11.9. The van der Waals surface area contributed by atoms with E-state index in [0.29, 0.717) is 0 Å². The third kappa shape index (κ3) is 20.7. The highest BCUT2D eigenvalue weighted by Crippen LogP contribution is 2.10. The van der Waals surface area contributed by atoms with E-state index >= 15 is 0 Å². The van der Waals surface area contributed by atoms with Gasteiger partial charge in [-0.1, -0.05) is 82.4 Å². The van der Waals surface area contributed by atoms with Crippen molar-refractivity contribution in [2.75, 3.05) is 0 Å². The lowest BCUT2D eigenvalue weighted by Crippen LogP contribution is -1.85. The average molecular weight is 386 g/mol. The van der Waals surface area contributed by atoms with Gasteiger partial charge in [0.2, 0.25) is 0 Å². The summed E-state index contributed by atoms with van der Waals surface area (Å²) in [5.74, 6) is 0.903. The highest BCUT2D eigenvalue weighted by Gasteiger charge is 1.93. The van der Waals surface area contributed by atoms with Crippen molar-refractivity contribution >= 4 is 6.21 Å². The maximum Gasteiger partial charge on any atom is 0.0329 e. The van der Waals surface area contributed by atoms with Gasteiger partial charge in [-0.15, -0.1) is 6.58 Å². The van der Waals surface area contributed by atoms with E-state index in [0.717, 1.165) is 24.5 Å². The molecule has 0 saturated heterocycles. The van der Waals surface area contributed by atoms with Crippen LogP contribution >= 0.6 is 0 Å². The van der Waals surface area contributed by atoms with Crippen LogP contribution < -0.4 is 0 Å². The summed E-state index contributed by atoms with van der Waals surface area (Å²) in [5, 5.41) is 0. The fourth-order valence-corrected chi connectivity index (χ4v) is 2.48. The van der Waals surface area contributed by atoms with Crippen LogP contribution in [0.25, 0.3) is 0 Å². The molecule has 1 aliphatic rings. The van der Waals surface area contributed by atoms with E-state index in [1.165, 1.54) is 47.9 Å². The van der Waals surface area contributed by atoms with Crippen molar-refractivity contribution in [1.82, 2.24) is 0 Å². The Balaban J connectivity index is 0. The molecule has 0 aliphatic carbocycles. The smallest absolute Gasteiger partial charge is 0.0329 e. The molecule has 0 aromatic heterocycles. The molecule has 1 aromatic rings. The molecule has 0 bridgehead atoms. The number of rotatable bonds is 4. The minimum absolute atomic E-state index is 0.903. The molecule has 2 rings (SSSR count). The van der Waals surface area contributed by atoms with E-state index < -0.39 is 0 Å². The first kappa shape index (κ1) is 28.6. The van der Waals surface area contributed by atoms with Crippen LogP contribution in [0.1, 0.15) is 97.3 Å². The lowest BCUT2D eigenvalue weighted by molar-refractivity contribution is 0.550. The number of aryl methyl sites for hydroxylation is 3. The monoisotopic (exact) mass is 385 g/mol. The van der Waals surface area contributed by atoms with Crippen molar-refractivity contribution in [2.24, 2.45) is 10.9 Å². The van der Waals surface area contributed by atoms with Crippen molar-refractivity contribution in [3.63, 3.8) is 0 Å². The third-order valence-corrected chi connectivity index (χ3v) is 4.04. The Bertz CT molecular complexity index is 572. The van der Waals surface area contributed by atoms with Gasteiger partial charge in [0.25, 0.3) is 0 Å². The number of aliphatic imine (C=N–C) groups is 1. The fourth-order valence-electron chi connectivity index (χ4n) is 2.48. The number of allylic oxidation sites excluding steroid dienone is 3. The summed E-state index contributed by atoms with van der Waals surface area (Å²) in [6.45, 7) is 22.8. The summed E-state index contributed by atoms with van der Waals surface area (Å²) in [5.41, 5.74) is 6.56. The second-order valence-electron chi connectivity index (χ2n) is 8.26. The van der Waals surface area contributed by atoms with Gasteiger partial charge in [-0.3, -0.25) is 4.99 Å². The molecule has 1 heteroatoms. The highest BCUT2D eigenvalue weighted by atomic mass is 14.7. The minimum atomic E-state index is 0.903. The molecule has 0 radical (unpaired) electrons. The fraction of sp³-hybridized carbons (Fsp3) is 0.593. The van der Waals surface area contributed by atoms with Gasteiger partial charge in [0.15, 0.2) is 0 Å². The lowest BCUT2D eigenvalue weighted by Gasteiger charge is -2.02. The van der Waals surface area contributed by atoms with Gasteiger partial charge in [0.05, 0.1) is 0 Å². The van der Waals surface area contributed by atoms with E-state index in [9.17, 15) is 0 Å². The predicted octanol–water partition coefficient (Wildman–Crippen LogP) is 9.04. The van der Waals surface area contributed by atoms with Crippen LogP contribution in [0.4, 0.5) is 0 Å². The number of unbranched alkanes of at least 4 members (excludes halogenated alkanes) is 1. The van der Waals surface area contributed by atoms with E-state index in [4.69, 9.17) is 0 Å². The van der Waals surface area contributed by atoms with Crippen LogP contribution in [-0.2, 0) is 6.42 Å². The maximum atomic E-state index is 4.07. The Hall–Kier alpha value is -1.63. The quantitative estimate of drug-likeness (QED) is 0.458. The van der Waals surface area contributed by atoms with Crippen molar-refractivity contribution in [1.29, 1.82) is 0 Å². The van der Waals surface area contributed by atoms with Gasteiger partial charge >= 0.3 is 0 Å². The van der Waals surface area contributed by atoms with Gasteiger partial charge in [-0.25, -0.2) is 0 Å². The molecule has 0 atom stereocenters. The molecular weight excluding hydrogens is 338 g/mol. The van der Waals surface area contributed by atoms with E-state index in [1.807, 2.05) is 27.0 Å².